The fourth-order valence-electron chi connectivity index (χ4n) is 4.63. The quantitative estimate of drug-likeness (QED) is 0.726. The second kappa shape index (κ2) is 7.94. The van der Waals surface area contributed by atoms with Crippen molar-refractivity contribution in [1.82, 2.24) is 0 Å². The van der Waals surface area contributed by atoms with Crippen LogP contribution >= 0.6 is 11.3 Å². The molecule has 4 nitrogen and oxygen atoms in total. The summed E-state index contributed by atoms with van der Waals surface area (Å²) in [5, 5.41) is 5.05. The molecule has 146 valence electrons. The van der Waals surface area contributed by atoms with E-state index in [-0.39, 0.29) is 29.2 Å². The molecule has 0 spiro atoms. The number of carbonyl (C=O) groups excluding carboxylic acids is 1. The number of nitrogens with one attached hydrogen (secondary N) is 1. The molecule has 0 radical (unpaired) electrons. The largest absolute Gasteiger partial charge is 1.00 e. The van der Waals surface area contributed by atoms with Gasteiger partial charge in [-0.15, -0.1) is 11.3 Å². The summed E-state index contributed by atoms with van der Waals surface area (Å²) in [5.74, 6) is 0. The van der Waals surface area contributed by atoms with Gasteiger partial charge in [-0.2, -0.15) is 0 Å². The zero-order valence-electron chi connectivity index (χ0n) is 16.1. The van der Waals surface area contributed by atoms with Crippen LogP contribution in [0.4, 0.5) is 10.5 Å². The Morgan fingerprint density at radius 2 is 1.89 bits per heavy atom. The van der Waals surface area contributed by atoms with Gasteiger partial charge in [0.2, 0.25) is 0 Å². The van der Waals surface area contributed by atoms with Crippen molar-refractivity contribution < 1.29 is 31.0 Å². The first-order chi connectivity index (χ1) is 12.4. The molecule has 0 saturated carbocycles. The van der Waals surface area contributed by atoms with Crippen LogP contribution in [0.25, 0.3) is 10.4 Å². The zero-order valence-corrected chi connectivity index (χ0v) is 18.5. The van der Waals surface area contributed by atoms with Gasteiger partial charge in [-0.05, 0) is 30.0 Å². The van der Waals surface area contributed by atoms with Crippen LogP contribution in [0.2, 0.25) is 0 Å². The Morgan fingerprint density at radius 1 is 1.19 bits per heavy atom. The first-order valence-corrected chi connectivity index (χ1v) is 10.3. The number of piperidine rings is 1. The van der Waals surface area contributed by atoms with Gasteiger partial charge in [-0.25, -0.2) is 4.79 Å². The monoisotopic (exact) mass is 450 g/mol. The third-order valence-corrected chi connectivity index (χ3v) is 7.16. The lowest BCUT2D eigenvalue weighted by Crippen LogP contribution is -3.00. The van der Waals surface area contributed by atoms with E-state index >= 15 is 0 Å². The minimum absolute atomic E-state index is 0. The van der Waals surface area contributed by atoms with Crippen LogP contribution in [0.15, 0.2) is 35.7 Å². The number of hydrogen-bond acceptors (Lipinski definition) is 3. The normalized spacial score (nSPS) is 25.5. The maximum absolute atomic E-state index is 12.6. The highest BCUT2D eigenvalue weighted by Crippen LogP contribution is 2.40. The molecule has 2 aliphatic rings. The minimum Gasteiger partial charge on any atom is -1.00 e. The Bertz CT molecular complexity index is 791. The topological polar surface area (TPSA) is 38.3 Å². The number of rotatable bonds is 3. The van der Waals surface area contributed by atoms with Crippen molar-refractivity contribution in [3.8, 4) is 10.4 Å². The molecule has 2 unspecified atom stereocenters. The lowest BCUT2D eigenvalue weighted by atomic mass is 9.98. The number of benzene rings is 1. The van der Waals surface area contributed by atoms with E-state index in [1.807, 2.05) is 19.1 Å². The minimum atomic E-state index is -0.329. The molecule has 2 aromatic rings. The molecule has 2 saturated heterocycles. The summed E-state index contributed by atoms with van der Waals surface area (Å²) in [4.78, 5) is 13.7. The number of ether oxygens (including phenoxy) is 1. The SMILES string of the molecule is Cc1ccc(-c2cccs2)c(NC(=O)OC2CC3CCC(C2)[N+]3(C)C)c1.[Br-]. The molecule has 1 aromatic carbocycles. The van der Waals surface area contributed by atoms with Crippen molar-refractivity contribution in [2.24, 2.45) is 0 Å². The molecule has 27 heavy (non-hydrogen) atoms. The zero-order chi connectivity index (χ0) is 18.3. The molecule has 2 fully saturated rings. The Hall–Kier alpha value is -1.37. The van der Waals surface area contributed by atoms with E-state index in [0.29, 0.717) is 12.1 Å². The third-order valence-electron chi connectivity index (χ3n) is 6.26. The molecule has 2 aliphatic heterocycles. The Kier molecular flexibility index (Phi) is 5.99. The molecule has 2 bridgehead atoms. The fourth-order valence-corrected chi connectivity index (χ4v) is 5.39. The summed E-state index contributed by atoms with van der Waals surface area (Å²) in [6.45, 7) is 2.04. The fraction of sp³-hybridized carbons (Fsp3) is 0.476. The molecule has 1 N–H and O–H groups in total. The summed E-state index contributed by atoms with van der Waals surface area (Å²) < 4.78 is 6.91. The number of amides is 1. The number of halogens is 1. The van der Waals surface area contributed by atoms with E-state index in [9.17, 15) is 4.79 Å². The Balaban J connectivity index is 0.00000210. The van der Waals surface area contributed by atoms with Crippen molar-refractivity contribution in [2.75, 3.05) is 19.4 Å². The molecule has 2 atom stereocenters. The van der Waals surface area contributed by atoms with E-state index in [4.69, 9.17) is 4.74 Å². The average molecular weight is 451 g/mol. The highest BCUT2D eigenvalue weighted by Gasteiger charge is 2.49. The highest BCUT2D eigenvalue weighted by molar-refractivity contribution is 7.13. The number of carbonyl (C=O) groups is 1. The van der Waals surface area contributed by atoms with Gasteiger partial charge in [0.1, 0.15) is 6.10 Å². The van der Waals surface area contributed by atoms with Gasteiger partial charge < -0.3 is 26.2 Å². The van der Waals surface area contributed by atoms with Crippen LogP contribution in [0, 0.1) is 6.92 Å². The number of anilines is 1. The summed E-state index contributed by atoms with van der Waals surface area (Å²) in [5.41, 5.74) is 2.99. The van der Waals surface area contributed by atoms with E-state index in [0.717, 1.165) is 39.0 Å². The summed E-state index contributed by atoms with van der Waals surface area (Å²) in [6, 6.07) is 11.5. The maximum Gasteiger partial charge on any atom is 0.411 e. The van der Waals surface area contributed by atoms with Crippen molar-refractivity contribution >= 4 is 23.1 Å². The Labute approximate surface area is 175 Å². The molecule has 1 amide bonds. The van der Waals surface area contributed by atoms with Gasteiger partial charge in [0, 0.05) is 36.1 Å². The van der Waals surface area contributed by atoms with Gasteiger partial charge >= 0.3 is 6.09 Å². The van der Waals surface area contributed by atoms with Crippen LogP contribution in [0.1, 0.15) is 31.2 Å². The lowest BCUT2D eigenvalue weighted by Gasteiger charge is -2.43. The molecule has 0 aliphatic carbocycles. The number of aryl methyl sites for hydroxylation is 1. The van der Waals surface area contributed by atoms with Crippen LogP contribution < -0.4 is 22.3 Å². The summed E-state index contributed by atoms with van der Waals surface area (Å²) >= 11 is 1.67. The predicted octanol–water partition coefficient (Wildman–Crippen LogP) is 2.05. The smallest absolute Gasteiger partial charge is 0.411 e. The van der Waals surface area contributed by atoms with E-state index in [1.54, 1.807) is 11.3 Å². The van der Waals surface area contributed by atoms with E-state index in [1.165, 1.54) is 12.8 Å². The van der Waals surface area contributed by atoms with Gasteiger partial charge in [0.25, 0.3) is 0 Å². The van der Waals surface area contributed by atoms with Crippen molar-refractivity contribution in [3.05, 3.63) is 41.3 Å². The predicted molar refractivity (Wildman–Crippen MR) is 107 cm³/mol. The number of fused-ring (bicyclic) bond motifs is 2. The van der Waals surface area contributed by atoms with E-state index < -0.39 is 0 Å². The summed E-state index contributed by atoms with van der Waals surface area (Å²) in [6.07, 6.45) is 4.16. The average Bonchev–Trinajstić information content (AvgIpc) is 3.11. The first kappa shape index (κ1) is 20.4. The van der Waals surface area contributed by atoms with Gasteiger partial charge in [-0.3, -0.25) is 5.32 Å². The van der Waals surface area contributed by atoms with Crippen LogP contribution in [0.3, 0.4) is 0 Å². The van der Waals surface area contributed by atoms with Gasteiger partial charge in [0.15, 0.2) is 0 Å². The lowest BCUT2D eigenvalue weighted by molar-refractivity contribution is -0.931. The number of thiophene rings is 1. The van der Waals surface area contributed by atoms with Crippen molar-refractivity contribution in [2.45, 2.75) is 50.8 Å². The number of nitrogens with zero attached hydrogens (tertiary/aromatic N) is 1. The van der Waals surface area contributed by atoms with Crippen LogP contribution in [0.5, 0.6) is 0 Å². The van der Waals surface area contributed by atoms with Gasteiger partial charge in [-0.1, -0.05) is 18.2 Å². The first-order valence-electron chi connectivity index (χ1n) is 9.39. The number of hydrogen-bond donors (Lipinski definition) is 1. The molecular weight excluding hydrogens is 424 g/mol. The van der Waals surface area contributed by atoms with Gasteiger partial charge in [0.05, 0.1) is 31.9 Å². The second-order valence-electron chi connectivity index (χ2n) is 8.16. The standard InChI is InChI=1S/C21H26N2O2S.BrH/c1-14-6-9-18(20-5-4-10-26-20)19(11-14)22-21(24)25-17-12-15-7-8-16(13-17)23(15,2)3;/h4-6,9-11,15-17H,7-8,12-13H2,1-3H3;1H. The highest BCUT2D eigenvalue weighted by atomic mass is 79.9. The second-order valence-corrected chi connectivity index (χ2v) is 9.11. The summed E-state index contributed by atoms with van der Waals surface area (Å²) in [7, 11) is 4.64. The number of quaternary nitrogens is 1. The molecule has 1 aromatic heterocycles. The van der Waals surface area contributed by atoms with E-state index in [2.05, 4.69) is 43.0 Å². The molecular formula is C21H27BrN2O2S. The molecule has 6 heteroatoms. The Morgan fingerprint density at radius 3 is 2.52 bits per heavy atom. The third kappa shape index (κ3) is 4.08. The molecule has 3 heterocycles. The van der Waals surface area contributed by atoms with Crippen LogP contribution in [-0.4, -0.2) is 42.9 Å². The van der Waals surface area contributed by atoms with Crippen molar-refractivity contribution in [3.63, 3.8) is 0 Å². The van der Waals surface area contributed by atoms with Crippen molar-refractivity contribution in [1.29, 1.82) is 0 Å². The molecule has 4 rings (SSSR count). The van der Waals surface area contributed by atoms with Crippen LogP contribution in [-0.2, 0) is 4.74 Å². The maximum atomic E-state index is 12.6.